The van der Waals surface area contributed by atoms with Crippen LogP contribution in [0.4, 0.5) is 4.79 Å². The first kappa shape index (κ1) is 16.7. The average Bonchev–Trinajstić information content (AvgIpc) is 2.38. The standard InChI is InChI=1S/C12H19N3O6/c1-15-6-7(2-4-9(15)16)13-12(21)14-8(11(19)20)3-5-10(17)18/h7-8H,2-6H2,1H3,(H,17,18)(H,19,20)(H2,13,14,21)/t7?,8-/m0/s1. The molecule has 0 radical (unpaired) electrons. The van der Waals surface area contributed by atoms with E-state index >= 15 is 0 Å². The first-order valence-corrected chi connectivity index (χ1v) is 6.55. The Morgan fingerprint density at radius 1 is 1.38 bits per heavy atom. The number of hydrogen-bond acceptors (Lipinski definition) is 4. The molecule has 1 fully saturated rings. The summed E-state index contributed by atoms with van der Waals surface area (Å²) in [6.45, 7) is 0.360. The molecule has 1 saturated heterocycles. The lowest BCUT2D eigenvalue weighted by molar-refractivity contribution is -0.140. The summed E-state index contributed by atoms with van der Waals surface area (Å²) in [5, 5.41) is 22.3. The number of amides is 3. The second-order valence-electron chi connectivity index (χ2n) is 4.95. The number of piperidine rings is 1. The van der Waals surface area contributed by atoms with Gasteiger partial charge in [0.2, 0.25) is 5.91 Å². The number of aliphatic carboxylic acids is 2. The molecule has 3 amide bonds. The fraction of sp³-hybridized carbons (Fsp3) is 0.667. The van der Waals surface area contributed by atoms with Gasteiger partial charge in [0.15, 0.2) is 0 Å². The van der Waals surface area contributed by atoms with Crippen molar-refractivity contribution < 1.29 is 29.4 Å². The SMILES string of the molecule is CN1CC(NC(=O)N[C@@H](CCC(=O)O)C(=O)O)CCC1=O. The van der Waals surface area contributed by atoms with Crippen molar-refractivity contribution in [2.45, 2.75) is 37.8 Å². The van der Waals surface area contributed by atoms with Crippen LogP contribution >= 0.6 is 0 Å². The molecule has 0 aromatic rings. The highest BCUT2D eigenvalue weighted by Crippen LogP contribution is 2.09. The van der Waals surface area contributed by atoms with Crippen molar-refractivity contribution in [2.75, 3.05) is 13.6 Å². The van der Waals surface area contributed by atoms with Crippen LogP contribution < -0.4 is 10.6 Å². The zero-order valence-corrected chi connectivity index (χ0v) is 11.7. The third-order valence-electron chi connectivity index (χ3n) is 3.21. The second kappa shape index (κ2) is 7.46. The van der Waals surface area contributed by atoms with Crippen LogP contribution in [0.1, 0.15) is 25.7 Å². The number of likely N-dealkylation sites (tertiary alicyclic amines) is 1. The van der Waals surface area contributed by atoms with Crippen LogP contribution in [-0.4, -0.2) is 64.7 Å². The zero-order chi connectivity index (χ0) is 16.0. The Bertz CT molecular complexity index is 439. The molecule has 1 aliphatic rings. The minimum absolute atomic E-state index is 0.00155. The summed E-state index contributed by atoms with van der Waals surface area (Å²) in [4.78, 5) is 45.9. The number of likely N-dealkylation sites (N-methyl/N-ethyl adjacent to an activating group) is 1. The second-order valence-corrected chi connectivity index (χ2v) is 4.95. The quantitative estimate of drug-likeness (QED) is 0.508. The molecule has 21 heavy (non-hydrogen) atoms. The lowest BCUT2D eigenvalue weighted by atomic mass is 10.1. The third-order valence-corrected chi connectivity index (χ3v) is 3.21. The van der Waals surface area contributed by atoms with Crippen molar-refractivity contribution in [3.63, 3.8) is 0 Å². The van der Waals surface area contributed by atoms with Crippen molar-refractivity contribution in [1.29, 1.82) is 0 Å². The van der Waals surface area contributed by atoms with Crippen molar-refractivity contribution in [2.24, 2.45) is 0 Å². The Hall–Kier alpha value is -2.32. The Balaban J connectivity index is 2.44. The normalized spacial score (nSPS) is 19.8. The number of rotatable bonds is 6. The molecule has 2 atom stereocenters. The molecule has 0 spiro atoms. The zero-order valence-electron chi connectivity index (χ0n) is 11.7. The molecule has 1 unspecified atom stereocenters. The molecular weight excluding hydrogens is 282 g/mol. The van der Waals surface area contributed by atoms with Gasteiger partial charge in [0.1, 0.15) is 6.04 Å². The van der Waals surface area contributed by atoms with Gasteiger partial charge in [-0.3, -0.25) is 9.59 Å². The van der Waals surface area contributed by atoms with Gasteiger partial charge >= 0.3 is 18.0 Å². The predicted octanol–water partition coefficient (Wildman–Crippen LogP) is -0.776. The van der Waals surface area contributed by atoms with Crippen LogP contribution in [0.25, 0.3) is 0 Å². The number of urea groups is 1. The Morgan fingerprint density at radius 3 is 2.57 bits per heavy atom. The summed E-state index contributed by atoms with van der Waals surface area (Å²) >= 11 is 0. The largest absolute Gasteiger partial charge is 0.481 e. The van der Waals surface area contributed by atoms with E-state index < -0.39 is 24.0 Å². The number of carbonyl (C=O) groups excluding carboxylic acids is 2. The highest BCUT2D eigenvalue weighted by atomic mass is 16.4. The summed E-state index contributed by atoms with van der Waals surface area (Å²) in [6.07, 6.45) is 0.269. The van der Waals surface area contributed by atoms with E-state index in [4.69, 9.17) is 10.2 Å². The summed E-state index contributed by atoms with van der Waals surface area (Å²) in [5.41, 5.74) is 0. The van der Waals surface area contributed by atoms with E-state index in [1.807, 2.05) is 0 Å². The molecule has 0 aromatic heterocycles. The van der Waals surface area contributed by atoms with E-state index in [2.05, 4.69) is 10.6 Å². The molecule has 0 bridgehead atoms. The van der Waals surface area contributed by atoms with Crippen LogP contribution in [0, 0.1) is 0 Å². The molecule has 1 aliphatic heterocycles. The van der Waals surface area contributed by atoms with E-state index in [0.717, 1.165) is 0 Å². The monoisotopic (exact) mass is 301 g/mol. The fourth-order valence-corrected chi connectivity index (χ4v) is 2.04. The molecule has 1 rings (SSSR count). The molecule has 0 saturated carbocycles. The van der Waals surface area contributed by atoms with Gasteiger partial charge in [-0.2, -0.15) is 0 Å². The van der Waals surface area contributed by atoms with E-state index in [-0.39, 0.29) is 24.8 Å². The summed E-state index contributed by atoms with van der Waals surface area (Å²) in [6, 6.07) is -2.19. The van der Waals surface area contributed by atoms with Gasteiger partial charge in [-0.15, -0.1) is 0 Å². The lowest BCUT2D eigenvalue weighted by Gasteiger charge is -2.30. The van der Waals surface area contributed by atoms with Crippen molar-refractivity contribution in [3.05, 3.63) is 0 Å². The van der Waals surface area contributed by atoms with Crippen molar-refractivity contribution in [3.8, 4) is 0 Å². The number of hydrogen-bond donors (Lipinski definition) is 4. The van der Waals surface area contributed by atoms with Gasteiger partial charge in [-0.1, -0.05) is 0 Å². The van der Waals surface area contributed by atoms with E-state index in [0.29, 0.717) is 19.4 Å². The summed E-state index contributed by atoms with van der Waals surface area (Å²) < 4.78 is 0. The maximum Gasteiger partial charge on any atom is 0.326 e. The summed E-state index contributed by atoms with van der Waals surface area (Å²) in [5.74, 6) is -2.42. The minimum atomic E-state index is -1.29. The van der Waals surface area contributed by atoms with Crippen LogP contribution in [0.15, 0.2) is 0 Å². The van der Waals surface area contributed by atoms with Crippen LogP contribution in [0.2, 0.25) is 0 Å². The van der Waals surface area contributed by atoms with Crippen molar-refractivity contribution >= 4 is 23.9 Å². The third kappa shape index (κ3) is 5.67. The first-order chi connectivity index (χ1) is 9.79. The number of nitrogens with one attached hydrogen (secondary N) is 2. The van der Waals surface area contributed by atoms with E-state index in [1.165, 1.54) is 4.90 Å². The molecule has 9 heteroatoms. The highest BCUT2D eigenvalue weighted by Gasteiger charge is 2.26. The number of carboxylic acids is 2. The van der Waals surface area contributed by atoms with Gasteiger partial charge in [0, 0.05) is 32.5 Å². The fourth-order valence-electron chi connectivity index (χ4n) is 2.04. The predicted molar refractivity (Wildman–Crippen MR) is 70.6 cm³/mol. The van der Waals surface area contributed by atoms with Crippen LogP contribution in [0.5, 0.6) is 0 Å². The highest BCUT2D eigenvalue weighted by molar-refractivity contribution is 5.83. The van der Waals surface area contributed by atoms with Gasteiger partial charge in [0.25, 0.3) is 0 Å². The van der Waals surface area contributed by atoms with Crippen molar-refractivity contribution in [1.82, 2.24) is 15.5 Å². The molecule has 0 aliphatic carbocycles. The molecule has 0 aromatic carbocycles. The Kier molecular flexibility index (Phi) is 5.94. The van der Waals surface area contributed by atoms with Gasteiger partial charge in [0.05, 0.1) is 0 Å². The maximum absolute atomic E-state index is 11.7. The maximum atomic E-state index is 11.7. The first-order valence-electron chi connectivity index (χ1n) is 6.55. The number of nitrogens with zero attached hydrogens (tertiary/aromatic N) is 1. The average molecular weight is 301 g/mol. The molecule has 1 heterocycles. The molecule has 9 nitrogen and oxygen atoms in total. The van der Waals surface area contributed by atoms with E-state index in [1.54, 1.807) is 7.05 Å². The molecule has 118 valence electrons. The number of carboxylic acid groups (broad SMARTS) is 2. The lowest BCUT2D eigenvalue weighted by Crippen LogP contribution is -2.53. The summed E-state index contributed by atoms with van der Waals surface area (Å²) in [7, 11) is 1.63. The smallest absolute Gasteiger partial charge is 0.326 e. The minimum Gasteiger partial charge on any atom is -0.481 e. The van der Waals surface area contributed by atoms with Gasteiger partial charge in [-0.25, -0.2) is 9.59 Å². The Labute approximate surface area is 121 Å². The van der Waals surface area contributed by atoms with Gasteiger partial charge < -0.3 is 25.7 Å². The number of carbonyl (C=O) groups is 4. The van der Waals surface area contributed by atoms with Crippen LogP contribution in [0.3, 0.4) is 0 Å². The van der Waals surface area contributed by atoms with Crippen LogP contribution in [-0.2, 0) is 14.4 Å². The molecular formula is C12H19N3O6. The Morgan fingerprint density at radius 2 is 2.05 bits per heavy atom. The molecule has 4 N–H and O–H groups in total. The topological polar surface area (TPSA) is 136 Å². The van der Waals surface area contributed by atoms with E-state index in [9.17, 15) is 19.2 Å². The van der Waals surface area contributed by atoms with Gasteiger partial charge in [-0.05, 0) is 12.8 Å².